The molecular weight excluding hydrogens is 252 g/mol. The molecule has 1 aliphatic heterocycles. The van der Waals surface area contributed by atoms with Crippen LogP contribution in [0.1, 0.15) is 50.9 Å². The molecule has 1 atom stereocenters. The first-order valence-corrected chi connectivity index (χ1v) is 7.38. The number of hydrogen-bond acceptors (Lipinski definition) is 4. The molecular formula is C15H22N4O. The molecule has 0 radical (unpaired) electrons. The van der Waals surface area contributed by atoms with Gasteiger partial charge in [0.25, 0.3) is 0 Å². The van der Waals surface area contributed by atoms with Crippen molar-refractivity contribution in [1.29, 1.82) is 0 Å². The standard InChI is InChI=1S/C15H22N4O/c1-5-15(6-2)7-12(20-8-15)19-9-16-13-10(3)17-11(4)18-14(13)19/h9,12H,5-8H2,1-4H3/t12-/m1/s1. The number of ether oxygens (including phenoxy) is 1. The molecule has 0 aromatic carbocycles. The highest BCUT2D eigenvalue weighted by atomic mass is 16.5. The lowest BCUT2D eigenvalue weighted by Gasteiger charge is -2.23. The van der Waals surface area contributed by atoms with Gasteiger partial charge in [0.1, 0.15) is 17.6 Å². The summed E-state index contributed by atoms with van der Waals surface area (Å²) in [6.07, 6.45) is 5.23. The van der Waals surface area contributed by atoms with Crippen molar-refractivity contribution in [2.24, 2.45) is 5.41 Å². The van der Waals surface area contributed by atoms with Crippen molar-refractivity contribution >= 4 is 11.2 Å². The summed E-state index contributed by atoms with van der Waals surface area (Å²) in [5, 5.41) is 0. The van der Waals surface area contributed by atoms with E-state index in [0.29, 0.717) is 5.41 Å². The van der Waals surface area contributed by atoms with Crippen molar-refractivity contribution in [3.05, 3.63) is 17.8 Å². The third-order valence-electron chi connectivity index (χ3n) is 4.71. The van der Waals surface area contributed by atoms with Gasteiger partial charge in [-0.15, -0.1) is 0 Å². The van der Waals surface area contributed by atoms with Crippen LogP contribution in [-0.2, 0) is 4.74 Å². The zero-order valence-electron chi connectivity index (χ0n) is 12.7. The zero-order chi connectivity index (χ0) is 14.3. The third-order valence-corrected chi connectivity index (χ3v) is 4.71. The number of fused-ring (bicyclic) bond motifs is 1. The van der Waals surface area contributed by atoms with Crippen LogP contribution in [0, 0.1) is 19.3 Å². The molecule has 0 saturated carbocycles. The lowest BCUT2D eigenvalue weighted by molar-refractivity contribution is 0.0507. The molecule has 5 nitrogen and oxygen atoms in total. The number of aromatic nitrogens is 4. The first-order chi connectivity index (χ1) is 9.58. The molecule has 2 aromatic heterocycles. The van der Waals surface area contributed by atoms with Crippen LogP contribution in [0.3, 0.4) is 0 Å². The van der Waals surface area contributed by atoms with Gasteiger partial charge < -0.3 is 4.74 Å². The molecule has 0 aliphatic carbocycles. The van der Waals surface area contributed by atoms with Crippen LogP contribution >= 0.6 is 0 Å². The molecule has 108 valence electrons. The maximum absolute atomic E-state index is 6.05. The Labute approximate surface area is 119 Å². The average Bonchev–Trinajstić information content (AvgIpc) is 3.02. The van der Waals surface area contributed by atoms with E-state index in [1.54, 1.807) is 0 Å². The van der Waals surface area contributed by atoms with Crippen LogP contribution < -0.4 is 0 Å². The molecule has 0 spiro atoms. The van der Waals surface area contributed by atoms with Gasteiger partial charge in [-0.2, -0.15) is 0 Å². The predicted octanol–water partition coefficient (Wildman–Crippen LogP) is 3.17. The van der Waals surface area contributed by atoms with Crippen LogP contribution in [-0.4, -0.2) is 26.1 Å². The molecule has 0 bridgehead atoms. The van der Waals surface area contributed by atoms with Crippen LogP contribution in [0.15, 0.2) is 6.33 Å². The normalized spacial score (nSPS) is 21.7. The number of nitrogens with zero attached hydrogens (tertiary/aromatic N) is 4. The lowest BCUT2D eigenvalue weighted by atomic mass is 9.81. The Morgan fingerprint density at radius 3 is 2.70 bits per heavy atom. The van der Waals surface area contributed by atoms with Crippen LogP contribution in [0.5, 0.6) is 0 Å². The summed E-state index contributed by atoms with van der Waals surface area (Å²) in [5.41, 5.74) is 3.01. The quantitative estimate of drug-likeness (QED) is 0.862. The van der Waals surface area contributed by atoms with Gasteiger partial charge in [-0.25, -0.2) is 15.0 Å². The van der Waals surface area contributed by atoms with E-state index in [1.807, 2.05) is 20.2 Å². The fourth-order valence-corrected chi connectivity index (χ4v) is 3.09. The van der Waals surface area contributed by atoms with Gasteiger partial charge in [0.15, 0.2) is 5.65 Å². The number of imidazole rings is 1. The summed E-state index contributed by atoms with van der Waals surface area (Å²) in [6, 6.07) is 0. The number of rotatable bonds is 3. The Balaban J connectivity index is 2.00. The Kier molecular flexibility index (Phi) is 3.24. The van der Waals surface area contributed by atoms with E-state index >= 15 is 0 Å². The van der Waals surface area contributed by atoms with E-state index in [4.69, 9.17) is 4.74 Å². The van der Waals surface area contributed by atoms with Crippen LogP contribution in [0.25, 0.3) is 11.2 Å². The molecule has 3 rings (SSSR count). The average molecular weight is 274 g/mol. The van der Waals surface area contributed by atoms with Crippen molar-refractivity contribution in [3.8, 4) is 0 Å². The van der Waals surface area contributed by atoms with Gasteiger partial charge >= 0.3 is 0 Å². The number of hydrogen-bond donors (Lipinski definition) is 0. The van der Waals surface area contributed by atoms with E-state index in [2.05, 4.69) is 33.4 Å². The van der Waals surface area contributed by atoms with Crippen molar-refractivity contribution < 1.29 is 4.74 Å². The minimum Gasteiger partial charge on any atom is -0.357 e. The van der Waals surface area contributed by atoms with Crippen LogP contribution in [0.4, 0.5) is 0 Å². The molecule has 2 aromatic rings. The van der Waals surface area contributed by atoms with Crippen molar-refractivity contribution in [1.82, 2.24) is 19.5 Å². The molecule has 3 heterocycles. The van der Waals surface area contributed by atoms with Crippen molar-refractivity contribution in [2.75, 3.05) is 6.61 Å². The summed E-state index contributed by atoms with van der Waals surface area (Å²) < 4.78 is 8.12. The summed E-state index contributed by atoms with van der Waals surface area (Å²) in [6.45, 7) is 9.22. The molecule has 20 heavy (non-hydrogen) atoms. The number of aryl methyl sites for hydroxylation is 2. The molecule has 1 saturated heterocycles. The first-order valence-electron chi connectivity index (χ1n) is 7.38. The SMILES string of the molecule is CCC1(CC)CO[C@@H](n2cnc3c(C)nc(C)nc32)C1. The summed E-state index contributed by atoms with van der Waals surface area (Å²) in [5.74, 6) is 0.784. The highest BCUT2D eigenvalue weighted by molar-refractivity contribution is 5.73. The van der Waals surface area contributed by atoms with E-state index in [9.17, 15) is 0 Å². The van der Waals surface area contributed by atoms with Gasteiger partial charge in [-0.1, -0.05) is 13.8 Å². The largest absolute Gasteiger partial charge is 0.357 e. The maximum atomic E-state index is 6.05. The van der Waals surface area contributed by atoms with Crippen molar-refractivity contribution in [2.45, 2.75) is 53.2 Å². The lowest BCUT2D eigenvalue weighted by Crippen LogP contribution is -2.18. The minimum atomic E-state index is 0.0496. The van der Waals surface area contributed by atoms with Gasteiger partial charge in [-0.05, 0) is 32.1 Å². The Morgan fingerprint density at radius 1 is 1.30 bits per heavy atom. The fraction of sp³-hybridized carbons (Fsp3) is 0.667. The van der Waals surface area contributed by atoms with E-state index in [0.717, 1.165) is 48.6 Å². The molecule has 0 amide bonds. The highest BCUT2D eigenvalue weighted by Crippen LogP contribution is 2.43. The highest BCUT2D eigenvalue weighted by Gasteiger charge is 2.38. The molecule has 1 fully saturated rings. The van der Waals surface area contributed by atoms with E-state index < -0.39 is 0 Å². The maximum Gasteiger partial charge on any atom is 0.165 e. The van der Waals surface area contributed by atoms with Gasteiger partial charge in [0.05, 0.1) is 18.6 Å². The second-order valence-corrected chi connectivity index (χ2v) is 5.86. The Morgan fingerprint density at radius 2 is 2.05 bits per heavy atom. The first kappa shape index (κ1) is 13.5. The Hall–Kier alpha value is -1.49. The van der Waals surface area contributed by atoms with E-state index in [-0.39, 0.29) is 6.23 Å². The summed E-state index contributed by atoms with van der Waals surface area (Å²) in [4.78, 5) is 13.4. The second-order valence-electron chi connectivity index (χ2n) is 5.86. The van der Waals surface area contributed by atoms with E-state index in [1.165, 1.54) is 0 Å². The smallest absolute Gasteiger partial charge is 0.165 e. The molecule has 5 heteroatoms. The Bertz CT molecular complexity index is 630. The molecule has 1 aliphatic rings. The molecule has 0 unspecified atom stereocenters. The topological polar surface area (TPSA) is 52.8 Å². The molecule has 0 N–H and O–H groups in total. The fourth-order valence-electron chi connectivity index (χ4n) is 3.09. The van der Waals surface area contributed by atoms with Crippen molar-refractivity contribution in [3.63, 3.8) is 0 Å². The zero-order valence-corrected chi connectivity index (χ0v) is 12.7. The monoisotopic (exact) mass is 274 g/mol. The van der Waals surface area contributed by atoms with Crippen LogP contribution in [0.2, 0.25) is 0 Å². The van der Waals surface area contributed by atoms with Gasteiger partial charge in [0.2, 0.25) is 0 Å². The van der Waals surface area contributed by atoms with Gasteiger partial charge in [-0.3, -0.25) is 4.57 Å². The summed E-state index contributed by atoms with van der Waals surface area (Å²) in [7, 11) is 0. The third kappa shape index (κ3) is 2.00. The summed E-state index contributed by atoms with van der Waals surface area (Å²) >= 11 is 0. The predicted molar refractivity (Wildman–Crippen MR) is 77.4 cm³/mol. The minimum absolute atomic E-state index is 0.0496. The van der Waals surface area contributed by atoms with Gasteiger partial charge in [0, 0.05) is 6.42 Å². The second kappa shape index (κ2) is 4.81.